The van der Waals surface area contributed by atoms with E-state index in [9.17, 15) is 18.5 Å². The van der Waals surface area contributed by atoms with Gasteiger partial charge < -0.3 is 0 Å². The van der Waals surface area contributed by atoms with Gasteiger partial charge in [0, 0.05) is 17.7 Å². The van der Waals surface area contributed by atoms with Crippen molar-refractivity contribution in [3.05, 3.63) is 82.4 Å². The third-order valence-electron chi connectivity index (χ3n) is 3.50. The Kier molecular flexibility index (Phi) is 4.44. The molecule has 0 bridgehead atoms. The van der Waals surface area contributed by atoms with Gasteiger partial charge in [-0.25, -0.2) is 4.83 Å². The largest absolute Gasteiger partial charge is 0.276 e. The Balaban J connectivity index is 1.81. The normalized spacial score (nSPS) is 11.7. The van der Waals surface area contributed by atoms with E-state index in [-0.39, 0.29) is 10.6 Å². The van der Waals surface area contributed by atoms with Gasteiger partial charge >= 0.3 is 0 Å². The van der Waals surface area contributed by atoms with E-state index in [1.54, 1.807) is 18.2 Å². The van der Waals surface area contributed by atoms with Crippen LogP contribution in [-0.4, -0.2) is 19.6 Å². The van der Waals surface area contributed by atoms with Gasteiger partial charge in [0.2, 0.25) is 0 Å². The number of nitro groups is 1. The molecule has 0 heterocycles. The Morgan fingerprint density at radius 1 is 0.960 bits per heavy atom. The minimum atomic E-state index is -3.83. The van der Waals surface area contributed by atoms with Gasteiger partial charge in [-0.1, -0.05) is 42.5 Å². The molecule has 0 aliphatic rings. The lowest BCUT2D eigenvalue weighted by molar-refractivity contribution is -0.384. The number of non-ortho nitro benzene ring substituents is 1. The highest BCUT2D eigenvalue weighted by Gasteiger charge is 2.13. The van der Waals surface area contributed by atoms with Crippen LogP contribution in [0.25, 0.3) is 10.8 Å². The molecule has 0 aliphatic heterocycles. The van der Waals surface area contributed by atoms with Crippen LogP contribution in [0.3, 0.4) is 0 Å². The predicted octanol–water partition coefficient (Wildman–Crippen LogP) is 3.06. The monoisotopic (exact) mass is 355 g/mol. The molecule has 7 nitrogen and oxygen atoms in total. The van der Waals surface area contributed by atoms with Gasteiger partial charge in [-0.15, -0.1) is 0 Å². The van der Waals surface area contributed by atoms with Gasteiger partial charge in [-0.3, -0.25) is 10.1 Å². The SMILES string of the molecule is O=[N+]([O-])c1cccc(/C=N\NS(=O)(=O)c2ccc3ccccc3c2)c1. The van der Waals surface area contributed by atoms with E-state index >= 15 is 0 Å². The van der Waals surface area contributed by atoms with Crippen LogP contribution in [0.2, 0.25) is 0 Å². The second-order valence-corrected chi connectivity index (χ2v) is 6.87. The number of hydrogen-bond donors (Lipinski definition) is 1. The van der Waals surface area contributed by atoms with E-state index in [1.807, 2.05) is 24.3 Å². The van der Waals surface area contributed by atoms with Crippen LogP contribution in [0.5, 0.6) is 0 Å². The molecule has 0 saturated heterocycles. The zero-order valence-electron chi connectivity index (χ0n) is 12.9. The quantitative estimate of drug-likeness (QED) is 0.432. The van der Waals surface area contributed by atoms with Crippen LogP contribution >= 0.6 is 0 Å². The number of fused-ring (bicyclic) bond motifs is 1. The molecule has 3 aromatic rings. The second kappa shape index (κ2) is 6.70. The standard InChI is InChI=1S/C17H13N3O4S/c21-20(22)16-7-3-4-13(10-16)12-18-19-25(23,24)17-9-8-14-5-1-2-6-15(14)11-17/h1-12,19H/b18-12-. The molecule has 0 amide bonds. The summed E-state index contributed by atoms with van der Waals surface area (Å²) >= 11 is 0. The average Bonchev–Trinajstić information content (AvgIpc) is 2.61. The number of nitrogens with one attached hydrogen (secondary N) is 1. The van der Waals surface area contributed by atoms with E-state index in [4.69, 9.17) is 0 Å². The Labute approximate surface area is 143 Å². The fraction of sp³-hybridized carbons (Fsp3) is 0. The lowest BCUT2D eigenvalue weighted by Crippen LogP contribution is -2.18. The summed E-state index contributed by atoms with van der Waals surface area (Å²) < 4.78 is 24.6. The number of nitrogens with zero attached hydrogens (tertiary/aromatic N) is 2. The summed E-state index contributed by atoms with van der Waals surface area (Å²) in [4.78, 5) is 12.4. The maximum absolute atomic E-state index is 12.3. The van der Waals surface area contributed by atoms with Crippen molar-refractivity contribution < 1.29 is 13.3 Å². The molecule has 0 unspecified atom stereocenters. The number of hydrogen-bond acceptors (Lipinski definition) is 5. The smallest absolute Gasteiger partial charge is 0.258 e. The first kappa shape index (κ1) is 16.6. The summed E-state index contributed by atoms with van der Waals surface area (Å²) in [6.45, 7) is 0. The molecule has 0 aliphatic carbocycles. The number of sulfonamides is 1. The highest BCUT2D eigenvalue weighted by molar-refractivity contribution is 7.89. The highest BCUT2D eigenvalue weighted by Crippen LogP contribution is 2.18. The number of nitro benzene ring substituents is 1. The fourth-order valence-electron chi connectivity index (χ4n) is 2.28. The molecule has 126 valence electrons. The van der Waals surface area contributed by atoms with Crippen LogP contribution in [0.15, 0.2) is 76.7 Å². The maximum Gasteiger partial charge on any atom is 0.276 e. The van der Waals surface area contributed by atoms with Crippen molar-refractivity contribution in [1.29, 1.82) is 0 Å². The second-order valence-electron chi connectivity index (χ2n) is 5.21. The van der Waals surface area contributed by atoms with Crippen molar-refractivity contribution in [2.45, 2.75) is 4.90 Å². The molecule has 0 radical (unpaired) electrons. The minimum absolute atomic E-state index is 0.0855. The van der Waals surface area contributed by atoms with Gasteiger partial charge in [0.1, 0.15) is 0 Å². The minimum Gasteiger partial charge on any atom is -0.258 e. The van der Waals surface area contributed by atoms with Gasteiger partial charge in [0.05, 0.1) is 16.0 Å². The van der Waals surface area contributed by atoms with Crippen molar-refractivity contribution >= 4 is 32.7 Å². The maximum atomic E-state index is 12.3. The van der Waals surface area contributed by atoms with Crippen molar-refractivity contribution in [3.8, 4) is 0 Å². The van der Waals surface area contributed by atoms with Gasteiger partial charge in [-0.2, -0.15) is 13.5 Å². The summed E-state index contributed by atoms with van der Waals surface area (Å²) in [6.07, 6.45) is 1.21. The summed E-state index contributed by atoms with van der Waals surface area (Å²) in [5.41, 5.74) is 0.316. The summed E-state index contributed by atoms with van der Waals surface area (Å²) in [7, 11) is -3.83. The number of hydrazone groups is 1. The highest BCUT2D eigenvalue weighted by atomic mass is 32.2. The first-order valence-electron chi connectivity index (χ1n) is 7.24. The van der Waals surface area contributed by atoms with Crippen molar-refractivity contribution in [1.82, 2.24) is 4.83 Å². The molecule has 25 heavy (non-hydrogen) atoms. The first-order chi connectivity index (χ1) is 12.0. The van der Waals surface area contributed by atoms with Crippen LogP contribution in [0.4, 0.5) is 5.69 Å². The van der Waals surface area contributed by atoms with E-state index in [0.29, 0.717) is 5.56 Å². The molecule has 0 atom stereocenters. The zero-order chi connectivity index (χ0) is 17.9. The van der Waals surface area contributed by atoms with Crippen molar-refractivity contribution in [2.24, 2.45) is 5.10 Å². The van der Waals surface area contributed by atoms with Crippen LogP contribution < -0.4 is 4.83 Å². The van der Waals surface area contributed by atoms with Gasteiger partial charge in [0.25, 0.3) is 15.7 Å². The van der Waals surface area contributed by atoms with E-state index < -0.39 is 14.9 Å². The molecular weight excluding hydrogens is 342 g/mol. The lowest BCUT2D eigenvalue weighted by Gasteiger charge is -2.05. The van der Waals surface area contributed by atoms with Gasteiger partial charge in [0.15, 0.2) is 0 Å². The van der Waals surface area contributed by atoms with Gasteiger partial charge in [-0.05, 0) is 22.9 Å². The third-order valence-corrected chi connectivity index (χ3v) is 4.72. The number of benzene rings is 3. The van der Waals surface area contributed by atoms with Crippen molar-refractivity contribution in [3.63, 3.8) is 0 Å². The zero-order valence-corrected chi connectivity index (χ0v) is 13.7. The summed E-state index contributed by atoms with van der Waals surface area (Å²) in [6, 6.07) is 17.9. The molecule has 0 fully saturated rings. The lowest BCUT2D eigenvalue weighted by atomic mass is 10.1. The number of rotatable bonds is 5. The van der Waals surface area contributed by atoms with E-state index in [1.165, 1.54) is 30.5 Å². The Bertz CT molecular complexity index is 1080. The van der Waals surface area contributed by atoms with Crippen LogP contribution in [0.1, 0.15) is 5.56 Å². The molecule has 0 spiro atoms. The molecule has 1 N–H and O–H groups in total. The molecule has 8 heteroatoms. The van der Waals surface area contributed by atoms with E-state index in [2.05, 4.69) is 9.93 Å². The van der Waals surface area contributed by atoms with Crippen LogP contribution in [-0.2, 0) is 10.0 Å². The Hall–Kier alpha value is -3.26. The van der Waals surface area contributed by atoms with Crippen molar-refractivity contribution in [2.75, 3.05) is 0 Å². The average molecular weight is 355 g/mol. The molecular formula is C17H13N3O4S. The fourth-order valence-corrected chi connectivity index (χ4v) is 3.10. The molecule has 3 aromatic carbocycles. The Morgan fingerprint density at radius 2 is 1.72 bits per heavy atom. The van der Waals surface area contributed by atoms with Crippen LogP contribution in [0, 0.1) is 10.1 Å². The summed E-state index contributed by atoms with van der Waals surface area (Å²) in [5.74, 6) is 0. The molecule has 0 aromatic heterocycles. The predicted molar refractivity (Wildman–Crippen MR) is 95.0 cm³/mol. The molecule has 3 rings (SSSR count). The molecule has 0 saturated carbocycles. The van der Waals surface area contributed by atoms with E-state index in [0.717, 1.165) is 10.8 Å². The Morgan fingerprint density at radius 3 is 2.48 bits per heavy atom. The first-order valence-corrected chi connectivity index (χ1v) is 8.72. The third kappa shape index (κ3) is 3.81. The topological polar surface area (TPSA) is 102 Å². The summed E-state index contributed by atoms with van der Waals surface area (Å²) in [5, 5.41) is 16.1.